The number of nitrogens with zero attached hydrogens (tertiary/aromatic N) is 2. The van der Waals surface area contributed by atoms with E-state index in [1.165, 1.54) is 0 Å². The smallest absolute Gasteiger partial charge is 0.423 e. The van der Waals surface area contributed by atoms with Crippen LogP contribution in [0.5, 0.6) is 0 Å². The molecular weight excluding hydrogens is 191 g/mol. The Morgan fingerprint density at radius 2 is 2.13 bits per heavy atom. The Morgan fingerprint density at radius 1 is 1.33 bits per heavy atom. The molecule has 1 heterocycles. The molecule has 0 fully saturated rings. The maximum absolute atomic E-state index is 9.05. The maximum atomic E-state index is 9.05. The van der Waals surface area contributed by atoms with Crippen LogP contribution in [0.15, 0.2) is 36.7 Å². The Balaban J connectivity index is 2.46. The first-order valence-electron chi connectivity index (χ1n) is 4.65. The van der Waals surface area contributed by atoms with Crippen LogP contribution in [0.1, 0.15) is 5.82 Å². The second-order valence-corrected chi connectivity index (χ2v) is 3.31. The van der Waals surface area contributed by atoms with E-state index in [1.807, 2.05) is 23.8 Å². The van der Waals surface area contributed by atoms with Crippen molar-refractivity contribution in [2.24, 2.45) is 0 Å². The highest BCUT2D eigenvalue weighted by molar-refractivity contribution is 6.58. The van der Waals surface area contributed by atoms with Gasteiger partial charge >= 0.3 is 7.12 Å². The summed E-state index contributed by atoms with van der Waals surface area (Å²) in [5, 5.41) is 18.1. The van der Waals surface area contributed by atoms with Crippen LogP contribution in [0.3, 0.4) is 0 Å². The highest BCUT2D eigenvalue weighted by Crippen LogP contribution is 2.07. The molecule has 0 bridgehead atoms. The van der Waals surface area contributed by atoms with Gasteiger partial charge < -0.3 is 14.6 Å². The average molecular weight is 202 g/mol. The third-order valence-corrected chi connectivity index (χ3v) is 2.27. The van der Waals surface area contributed by atoms with E-state index >= 15 is 0 Å². The summed E-state index contributed by atoms with van der Waals surface area (Å²) in [4.78, 5) is 4.11. The number of aryl methyl sites for hydroxylation is 1. The van der Waals surface area contributed by atoms with Gasteiger partial charge in [-0.25, -0.2) is 4.98 Å². The minimum atomic E-state index is -1.44. The first-order valence-corrected chi connectivity index (χ1v) is 4.65. The van der Waals surface area contributed by atoms with Crippen molar-refractivity contribution in [3.8, 4) is 5.69 Å². The molecule has 0 unspecified atom stereocenters. The first kappa shape index (κ1) is 9.95. The summed E-state index contributed by atoms with van der Waals surface area (Å²) in [5.41, 5.74) is 1.34. The lowest BCUT2D eigenvalue weighted by Crippen LogP contribution is -2.29. The van der Waals surface area contributed by atoms with E-state index in [-0.39, 0.29) is 0 Å². The van der Waals surface area contributed by atoms with Crippen LogP contribution in [0.25, 0.3) is 5.69 Å². The van der Waals surface area contributed by atoms with E-state index < -0.39 is 7.12 Å². The molecule has 1 aromatic heterocycles. The van der Waals surface area contributed by atoms with Crippen molar-refractivity contribution in [1.82, 2.24) is 9.55 Å². The van der Waals surface area contributed by atoms with Gasteiger partial charge in [-0.2, -0.15) is 0 Å². The first-order chi connectivity index (χ1) is 7.18. The number of rotatable bonds is 2. The molecule has 2 N–H and O–H groups in total. The van der Waals surface area contributed by atoms with Crippen molar-refractivity contribution >= 4 is 12.6 Å². The van der Waals surface area contributed by atoms with Gasteiger partial charge in [-0.05, 0) is 24.5 Å². The van der Waals surface area contributed by atoms with Gasteiger partial charge in [0.05, 0.1) is 0 Å². The predicted octanol–water partition coefficient (Wildman–Crippen LogP) is -0.139. The zero-order chi connectivity index (χ0) is 10.8. The lowest BCUT2D eigenvalue weighted by molar-refractivity contribution is 0.426. The molecule has 0 radical (unpaired) electrons. The van der Waals surface area contributed by atoms with Gasteiger partial charge in [0, 0.05) is 18.1 Å². The van der Waals surface area contributed by atoms with Crippen LogP contribution >= 0.6 is 0 Å². The van der Waals surface area contributed by atoms with Gasteiger partial charge in [0.2, 0.25) is 0 Å². The van der Waals surface area contributed by atoms with Crippen LogP contribution in [0, 0.1) is 6.92 Å². The SMILES string of the molecule is Cc1nccn1-c1cccc(B(O)O)c1. The second-order valence-electron chi connectivity index (χ2n) is 3.31. The molecule has 15 heavy (non-hydrogen) atoms. The molecule has 0 saturated carbocycles. The van der Waals surface area contributed by atoms with Gasteiger partial charge in [0.15, 0.2) is 0 Å². The molecule has 0 saturated heterocycles. The number of imidazole rings is 1. The fraction of sp³-hybridized carbons (Fsp3) is 0.100. The van der Waals surface area contributed by atoms with E-state index in [2.05, 4.69) is 4.98 Å². The topological polar surface area (TPSA) is 58.3 Å². The normalized spacial score (nSPS) is 10.3. The fourth-order valence-electron chi connectivity index (χ4n) is 1.49. The third-order valence-electron chi connectivity index (χ3n) is 2.27. The highest BCUT2D eigenvalue weighted by Gasteiger charge is 2.11. The van der Waals surface area contributed by atoms with Crippen LogP contribution in [0.4, 0.5) is 0 Å². The van der Waals surface area contributed by atoms with Crippen molar-refractivity contribution in [2.75, 3.05) is 0 Å². The lowest BCUT2D eigenvalue weighted by Gasteiger charge is -2.06. The zero-order valence-electron chi connectivity index (χ0n) is 8.33. The maximum Gasteiger partial charge on any atom is 0.488 e. The molecule has 2 aromatic rings. The third kappa shape index (κ3) is 1.93. The summed E-state index contributed by atoms with van der Waals surface area (Å²) in [6.45, 7) is 1.89. The summed E-state index contributed by atoms with van der Waals surface area (Å²) < 4.78 is 1.88. The summed E-state index contributed by atoms with van der Waals surface area (Å²) >= 11 is 0. The monoisotopic (exact) mass is 202 g/mol. The quantitative estimate of drug-likeness (QED) is 0.666. The van der Waals surface area contributed by atoms with E-state index in [0.29, 0.717) is 5.46 Å². The molecular formula is C10H11BN2O2. The Labute approximate surface area is 88.0 Å². The summed E-state index contributed by atoms with van der Waals surface area (Å²) in [7, 11) is -1.44. The molecule has 0 aliphatic rings. The highest BCUT2D eigenvalue weighted by atomic mass is 16.4. The summed E-state index contributed by atoms with van der Waals surface area (Å²) in [6, 6.07) is 7.06. The molecule has 0 atom stereocenters. The number of benzene rings is 1. The van der Waals surface area contributed by atoms with Gasteiger partial charge in [-0.3, -0.25) is 0 Å². The van der Waals surface area contributed by atoms with Crippen molar-refractivity contribution < 1.29 is 10.0 Å². The molecule has 0 spiro atoms. The Hall–Kier alpha value is -1.59. The molecule has 1 aromatic carbocycles. The minimum Gasteiger partial charge on any atom is -0.423 e. The van der Waals surface area contributed by atoms with E-state index in [0.717, 1.165) is 11.5 Å². The van der Waals surface area contributed by atoms with Gasteiger partial charge in [-0.1, -0.05) is 12.1 Å². The van der Waals surface area contributed by atoms with Crippen molar-refractivity contribution in [2.45, 2.75) is 6.92 Å². The van der Waals surface area contributed by atoms with Crippen LogP contribution in [-0.4, -0.2) is 26.7 Å². The predicted molar refractivity (Wildman–Crippen MR) is 58.1 cm³/mol. The van der Waals surface area contributed by atoms with Gasteiger partial charge in [0.25, 0.3) is 0 Å². The number of aromatic nitrogens is 2. The summed E-state index contributed by atoms with van der Waals surface area (Å²) in [6.07, 6.45) is 3.54. The Kier molecular flexibility index (Phi) is 2.57. The molecule has 0 aliphatic carbocycles. The number of hydrogen-bond acceptors (Lipinski definition) is 3. The minimum absolute atomic E-state index is 0.473. The van der Waals surface area contributed by atoms with Crippen molar-refractivity contribution in [3.05, 3.63) is 42.5 Å². The second kappa shape index (κ2) is 3.88. The van der Waals surface area contributed by atoms with Crippen molar-refractivity contribution in [3.63, 3.8) is 0 Å². The zero-order valence-corrected chi connectivity index (χ0v) is 8.33. The molecule has 5 heteroatoms. The molecule has 0 amide bonds. The van der Waals surface area contributed by atoms with Crippen LogP contribution in [-0.2, 0) is 0 Å². The van der Waals surface area contributed by atoms with E-state index in [9.17, 15) is 0 Å². The van der Waals surface area contributed by atoms with Gasteiger partial charge in [0.1, 0.15) is 5.82 Å². The average Bonchev–Trinajstić information content (AvgIpc) is 2.64. The molecule has 0 aliphatic heterocycles. The summed E-state index contributed by atoms with van der Waals surface area (Å²) in [5.74, 6) is 0.861. The van der Waals surface area contributed by atoms with E-state index in [1.54, 1.807) is 24.4 Å². The van der Waals surface area contributed by atoms with E-state index in [4.69, 9.17) is 10.0 Å². The fourth-order valence-corrected chi connectivity index (χ4v) is 1.49. The Bertz CT molecular complexity index is 468. The molecule has 2 rings (SSSR count). The standard InChI is InChI=1S/C10H11BN2O2/c1-8-12-5-6-13(8)10-4-2-3-9(7-10)11(14)15/h2-7,14-15H,1H3. The van der Waals surface area contributed by atoms with Crippen LogP contribution < -0.4 is 5.46 Å². The Morgan fingerprint density at radius 3 is 2.73 bits per heavy atom. The molecule has 4 nitrogen and oxygen atoms in total. The van der Waals surface area contributed by atoms with Crippen LogP contribution in [0.2, 0.25) is 0 Å². The van der Waals surface area contributed by atoms with Crippen molar-refractivity contribution in [1.29, 1.82) is 0 Å². The number of hydrogen-bond donors (Lipinski definition) is 2. The molecule has 76 valence electrons. The lowest BCUT2D eigenvalue weighted by atomic mass is 9.80. The van der Waals surface area contributed by atoms with Gasteiger partial charge in [-0.15, -0.1) is 0 Å². The largest absolute Gasteiger partial charge is 0.488 e.